The molecule has 6 nitrogen and oxygen atoms in total. The SMILES string of the molecule is CCC(CC(=O)O)NC(=O)C(C)Oc1ccccc1C#N. The van der Waals surface area contributed by atoms with E-state index in [2.05, 4.69) is 5.32 Å². The minimum Gasteiger partial charge on any atom is -0.481 e. The van der Waals surface area contributed by atoms with E-state index in [-0.39, 0.29) is 6.42 Å². The number of nitrogens with one attached hydrogen (secondary N) is 1. The Balaban J connectivity index is 2.66. The van der Waals surface area contributed by atoms with Gasteiger partial charge >= 0.3 is 5.97 Å². The summed E-state index contributed by atoms with van der Waals surface area (Å²) in [6.45, 7) is 3.35. The van der Waals surface area contributed by atoms with Gasteiger partial charge in [0.25, 0.3) is 5.91 Å². The van der Waals surface area contributed by atoms with Gasteiger partial charge in [0.05, 0.1) is 12.0 Å². The Kier molecular flexibility index (Phi) is 6.21. The number of hydrogen-bond acceptors (Lipinski definition) is 4. The normalized spacial score (nSPS) is 12.8. The Morgan fingerprint density at radius 2 is 2.10 bits per heavy atom. The lowest BCUT2D eigenvalue weighted by Crippen LogP contribution is -2.43. The molecule has 0 aliphatic carbocycles. The molecule has 0 spiro atoms. The van der Waals surface area contributed by atoms with E-state index in [4.69, 9.17) is 15.1 Å². The maximum Gasteiger partial charge on any atom is 0.305 e. The third kappa shape index (κ3) is 5.15. The maximum absolute atomic E-state index is 12.0. The zero-order valence-electron chi connectivity index (χ0n) is 12.0. The zero-order chi connectivity index (χ0) is 15.8. The summed E-state index contributed by atoms with van der Waals surface area (Å²) in [6, 6.07) is 8.16. The number of ether oxygens (including phenoxy) is 1. The molecular weight excluding hydrogens is 272 g/mol. The number of aliphatic carboxylic acids is 1. The van der Waals surface area contributed by atoms with Gasteiger partial charge in [-0.25, -0.2) is 0 Å². The average Bonchev–Trinajstić information content (AvgIpc) is 2.46. The van der Waals surface area contributed by atoms with Crippen molar-refractivity contribution in [2.75, 3.05) is 0 Å². The van der Waals surface area contributed by atoms with Gasteiger partial charge in [-0.3, -0.25) is 9.59 Å². The molecule has 0 heterocycles. The van der Waals surface area contributed by atoms with Crippen molar-refractivity contribution in [1.82, 2.24) is 5.32 Å². The van der Waals surface area contributed by atoms with Crippen LogP contribution in [0.15, 0.2) is 24.3 Å². The van der Waals surface area contributed by atoms with Crippen LogP contribution in [0.4, 0.5) is 0 Å². The highest BCUT2D eigenvalue weighted by molar-refractivity contribution is 5.81. The summed E-state index contributed by atoms with van der Waals surface area (Å²) in [6.07, 6.45) is -0.439. The Bertz CT molecular complexity index is 551. The summed E-state index contributed by atoms with van der Waals surface area (Å²) in [5.41, 5.74) is 0.342. The number of amides is 1. The fourth-order valence-electron chi connectivity index (χ4n) is 1.73. The van der Waals surface area contributed by atoms with Crippen LogP contribution < -0.4 is 10.1 Å². The van der Waals surface area contributed by atoms with Crippen molar-refractivity contribution in [2.24, 2.45) is 0 Å². The van der Waals surface area contributed by atoms with Gasteiger partial charge in [0, 0.05) is 6.04 Å². The van der Waals surface area contributed by atoms with Crippen LogP contribution in [0.5, 0.6) is 5.75 Å². The number of hydrogen-bond donors (Lipinski definition) is 2. The number of nitriles is 1. The van der Waals surface area contributed by atoms with E-state index in [9.17, 15) is 9.59 Å². The number of rotatable bonds is 7. The molecule has 21 heavy (non-hydrogen) atoms. The minimum atomic E-state index is -0.967. The van der Waals surface area contributed by atoms with Crippen LogP contribution in [0.3, 0.4) is 0 Å². The monoisotopic (exact) mass is 290 g/mol. The molecule has 2 N–H and O–H groups in total. The van der Waals surface area contributed by atoms with Crippen molar-refractivity contribution in [1.29, 1.82) is 5.26 Å². The number of benzene rings is 1. The number of para-hydroxylation sites is 1. The summed E-state index contributed by atoms with van der Waals surface area (Å²) in [5, 5.41) is 20.3. The van der Waals surface area contributed by atoms with Gasteiger partial charge in [0.15, 0.2) is 6.10 Å². The number of carboxylic acids is 1. The molecule has 0 aliphatic heterocycles. The topological polar surface area (TPSA) is 99.4 Å². The van der Waals surface area contributed by atoms with E-state index in [0.29, 0.717) is 17.7 Å². The molecule has 0 aromatic heterocycles. The molecule has 0 bridgehead atoms. The smallest absolute Gasteiger partial charge is 0.305 e. The van der Waals surface area contributed by atoms with Gasteiger partial charge in [-0.1, -0.05) is 19.1 Å². The summed E-state index contributed by atoms with van der Waals surface area (Å²) < 4.78 is 5.47. The van der Waals surface area contributed by atoms with E-state index in [1.807, 2.05) is 6.07 Å². The number of carbonyl (C=O) groups is 2. The lowest BCUT2D eigenvalue weighted by molar-refractivity contribution is -0.138. The quantitative estimate of drug-likeness (QED) is 0.796. The maximum atomic E-state index is 12.0. The molecule has 2 atom stereocenters. The molecule has 1 aromatic rings. The van der Waals surface area contributed by atoms with Crippen molar-refractivity contribution in [2.45, 2.75) is 38.8 Å². The Morgan fingerprint density at radius 1 is 1.43 bits per heavy atom. The van der Waals surface area contributed by atoms with E-state index < -0.39 is 24.0 Å². The highest BCUT2D eigenvalue weighted by Gasteiger charge is 2.20. The summed E-state index contributed by atoms with van der Waals surface area (Å²) in [4.78, 5) is 22.7. The third-order valence-corrected chi connectivity index (χ3v) is 2.94. The lowest BCUT2D eigenvalue weighted by atomic mass is 10.1. The van der Waals surface area contributed by atoms with Crippen molar-refractivity contribution >= 4 is 11.9 Å². The Morgan fingerprint density at radius 3 is 2.67 bits per heavy atom. The van der Waals surface area contributed by atoms with Gasteiger partial charge in [-0.15, -0.1) is 0 Å². The first-order valence-electron chi connectivity index (χ1n) is 6.65. The zero-order valence-corrected chi connectivity index (χ0v) is 12.0. The van der Waals surface area contributed by atoms with Crippen molar-refractivity contribution in [3.8, 4) is 11.8 Å². The van der Waals surface area contributed by atoms with Gasteiger partial charge in [-0.05, 0) is 25.5 Å². The van der Waals surface area contributed by atoms with E-state index in [1.165, 1.54) is 0 Å². The van der Waals surface area contributed by atoms with Crippen LogP contribution >= 0.6 is 0 Å². The summed E-state index contributed by atoms with van der Waals surface area (Å²) in [5.74, 6) is -1.05. The molecule has 1 aromatic carbocycles. The first kappa shape index (κ1) is 16.5. The molecule has 2 unspecified atom stereocenters. The van der Waals surface area contributed by atoms with E-state index in [0.717, 1.165) is 0 Å². The van der Waals surface area contributed by atoms with Crippen molar-refractivity contribution in [3.05, 3.63) is 29.8 Å². The highest BCUT2D eigenvalue weighted by atomic mass is 16.5. The molecule has 0 fully saturated rings. The number of carboxylic acid groups (broad SMARTS) is 1. The van der Waals surface area contributed by atoms with Gasteiger partial charge < -0.3 is 15.2 Å². The molecule has 0 saturated heterocycles. The van der Waals surface area contributed by atoms with Crippen LogP contribution in [-0.4, -0.2) is 29.1 Å². The molecule has 1 rings (SSSR count). The van der Waals surface area contributed by atoms with Crippen LogP contribution in [0.2, 0.25) is 0 Å². The molecular formula is C15H18N2O4. The predicted molar refractivity (Wildman–Crippen MR) is 75.7 cm³/mol. The second kappa shape index (κ2) is 7.90. The summed E-state index contributed by atoms with van der Waals surface area (Å²) in [7, 11) is 0. The Hall–Kier alpha value is -2.55. The fraction of sp³-hybridized carbons (Fsp3) is 0.400. The molecule has 6 heteroatoms. The lowest BCUT2D eigenvalue weighted by Gasteiger charge is -2.19. The van der Waals surface area contributed by atoms with Crippen LogP contribution in [0.1, 0.15) is 32.3 Å². The molecule has 112 valence electrons. The van der Waals surface area contributed by atoms with Gasteiger partial charge in [0.1, 0.15) is 11.8 Å². The molecule has 0 aliphatic rings. The van der Waals surface area contributed by atoms with Crippen LogP contribution in [0.25, 0.3) is 0 Å². The van der Waals surface area contributed by atoms with Gasteiger partial charge in [0.2, 0.25) is 0 Å². The second-order valence-electron chi connectivity index (χ2n) is 4.58. The number of nitrogens with zero attached hydrogens (tertiary/aromatic N) is 1. The average molecular weight is 290 g/mol. The fourth-order valence-corrected chi connectivity index (χ4v) is 1.73. The van der Waals surface area contributed by atoms with Crippen LogP contribution in [0, 0.1) is 11.3 Å². The van der Waals surface area contributed by atoms with Gasteiger partial charge in [-0.2, -0.15) is 5.26 Å². The van der Waals surface area contributed by atoms with Crippen molar-refractivity contribution in [3.63, 3.8) is 0 Å². The molecule has 0 saturated carbocycles. The highest BCUT2D eigenvalue weighted by Crippen LogP contribution is 2.18. The molecule has 1 amide bonds. The first-order chi connectivity index (χ1) is 9.97. The predicted octanol–water partition coefficient (Wildman–Crippen LogP) is 1.70. The first-order valence-corrected chi connectivity index (χ1v) is 6.65. The van der Waals surface area contributed by atoms with Crippen molar-refractivity contribution < 1.29 is 19.4 Å². The summed E-state index contributed by atoms with van der Waals surface area (Å²) >= 11 is 0. The number of carbonyl (C=O) groups excluding carboxylic acids is 1. The Labute approximate surface area is 123 Å². The third-order valence-electron chi connectivity index (χ3n) is 2.94. The van der Waals surface area contributed by atoms with E-state index >= 15 is 0 Å². The minimum absolute atomic E-state index is 0.135. The molecule has 0 radical (unpaired) electrons. The van der Waals surface area contributed by atoms with Crippen LogP contribution in [-0.2, 0) is 9.59 Å². The second-order valence-corrected chi connectivity index (χ2v) is 4.58. The largest absolute Gasteiger partial charge is 0.481 e. The van der Waals surface area contributed by atoms with E-state index in [1.54, 1.807) is 38.1 Å². The standard InChI is InChI=1S/C15H18N2O4/c1-3-12(8-14(18)19)17-15(20)10(2)21-13-7-5-4-6-11(13)9-16/h4-7,10,12H,3,8H2,1-2H3,(H,17,20)(H,18,19).